The molecule has 0 bridgehead atoms. The van der Waals surface area contributed by atoms with Crippen molar-refractivity contribution < 1.29 is 4.42 Å². The van der Waals surface area contributed by atoms with Crippen molar-refractivity contribution in [3.63, 3.8) is 0 Å². The van der Waals surface area contributed by atoms with Gasteiger partial charge >= 0.3 is 0 Å². The van der Waals surface area contributed by atoms with Crippen molar-refractivity contribution in [2.45, 2.75) is 0 Å². The lowest BCUT2D eigenvalue weighted by Gasteiger charge is -2.10. The zero-order valence-electron chi connectivity index (χ0n) is 27.0. The van der Waals surface area contributed by atoms with Crippen molar-refractivity contribution in [2.24, 2.45) is 0 Å². The first-order chi connectivity index (χ1) is 25.2. The van der Waals surface area contributed by atoms with Gasteiger partial charge in [-0.3, -0.25) is 0 Å². The summed E-state index contributed by atoms with van der Waals surface area (Å²) in [6, 6.07) is 53.1. The smallest absolute Gasteiger partial charge is 0.165 e. The van der Waals surface area contributed by atoms with Crippen LogP contribution in [0.25, 0.3) is 108 Å². The fourth-order valence-corrected chi connectivity index (χ4v) is 9.65. The maximum atomic E-state index is 6.57. The van der Waals surface area contributed by atoms with Crippen molar-refractivity contribution in [3.8, 4) is 45.3 Å². The molecule has 7 aromatic carbocycles. The topological polar surface area (TPSA) is 51.8 Å². The van der Waals surface area contributed by atoms with Gasteiger partial charge < -0.3 is 4.42 Å². The van der Waals surface area contributed by atoms with Crippen LogP contribution in [0.2, 0.25) is 0 Å². The van der Waals surface area contributed by atoms with Gasteiger partial charge in [0.1, 0.15) is 11.2 Å². The van der Waals surface area contributed by atoms with Gasteiger partial charge in [-0.2, -0.15) is 0 Å². The predicted molar refractivity (Wildman–Crippen MR) is 215 cm³/mol. The van der Waals surface area contributed by atoms with E-state index >= 15 is 0 Å². The highest BCUT2D eigenvalue weighted by Gasteiger charge is 2.20. The van der Waals surface area contributed by atoms with E-state index in [2.05, 4.69) is 121 Å². The lowest BCUT2D eigenvalue weighted by atomic mass is 10.00. The number of thiophene rings is 2. The van der Waals surface area contributed by atoms with Gasteiger partial charge in [-0.1, -0.05) is 103 Å². The van der Waals surface area contributed by atoms with E-state index in [9.17, 15) is 0 Å². The lowest BCUT2D eigenvalue weighted by molar-refractivity contribution is 0.669. The maximum Gasteiger partial charge on any atom is 0.165 e. The summed E-state index contributed by atoms with van der Waals surface area (Å²) in [6.45, 7) is 0. The SMILES string of the molecule is c1ccc(-c2nc(-c3cccc4c3sc3ccccc34)nc(-c3cccc4oc5cc(-c6ccc7sc8ccccc8c7c6)ccc5c34)n2)cc1. The third-order valence-corrected chi connectivity index (χ3v) is 12.1. The molecular formula is C45H25N3OS2. The Morgan fingerprint density at radius 2 is 1.00 bits per heavy atom. The number of furan rings is 1. The van der Waals surface area contributed by atoms with E-state index in [0.29, 0.717) is 17.5 Å². The molecule has 0 radical (unpaired) electrons. The lowest BCUT2D eigenvalue weighted by Crippen LogP contribution is -2.00. The molecule has 0 aliphatic rings. The van der Waals surface area contributed by atoms with Crippen LogP contribution in [0, 0.1) is 0 Å². The largest absolute Gasteiger partial charge is 0.456 e. The second-order valence-corrected chi connectivity index (χ2v) is 14.9. The fraction of sp³-hybridized carbons (Fsp3) is 0. The standard InChI is InChI=1S/C45H25N3OS2/c1-2-10-26(11-3-1)43-46-44(48-45(47-43)34-16-8-14-31-29-12-4-7-19-39(29)51-42(31)34)33-15-9-17-36-41(33)32-22-20-28(25-37(32)49-36)27-21-23-40-35(24-27)30-13-5-6-18-38(30)50-40/h1-25H. The Labute approximate surface area is 299 Å². The van der Waals surface area contributed by atoms with E-state index in [0.717, 1.165) is 44.2 Å². The van der Waals surface area contributed by atoms with Gasteiger partial charge in [-0.25, -0.2) is 15.0 Å². The van der Waals surface area contributed by atoms with Crippen LogP contribution < -0.4 is 0 Å². The summed E-state index contributed by atoms with van der Waals surface area (Å²) in [7, 11) is 0. The van der Waals surface area contributed by atoms with Crippen LogP contribution in [0.5, 0.6) is 0 Å². The molecular weight excluding hydrogens is 663 g/mol. The molecule has 238 valence electrons. The van der Waals surface area contributed by atoms with Crippen molar-refractivity contribution in [1.82, 2.24) is 15.0 Å². The number of hydrogen-bond acceptors (Lipinski definition) is 6. The molecule has 4 aromatic heterocycles. The molecule has 0 spiro atoms. The number of fused-ring (bicyclic) bond motifs is 9. The monoisotopic (exact) mass is 687 g/mol. The molecule has 0 saturated heterocycles. The average Bonchev–Trinajstić information content (AvgIpc) is 3.88. The van der Waals surface area contributed by atoms with Gasteiger partial charge in [0.05, 0.1) is 0 Å². The minimum atomic E-state index is 0.615. The predicted octanol–water partition coefficient (Wildman–Crippen LogP) is 13.2. The number of hydrogen-bond donors (Lipinski definition) is 0. The number of benzene rings is 7. The Hall–Kier alpha value is -6.21. The number of rotatable bonds is 4. The van der Waals surface area contributed by atoms with Crippen LogP contribution in [0.15, 0.2) is 156 Å². The second-order valence-electron chi connectivity index (χ2n) is 12.8. The molecule has 0 aliphatic heterocycles. The van der Waals surface area contributed by atoms with Crippen LogP contribution in [0.1, 0.15) is 0 Å². The summed E-state index contributed by atoms with van der Waals surface area (Å²) in [4.78, 5) is 15.4. The van der Waals surface area contributed by atoms with E-state index in [1.165, 1.54) is 45.9 Å². The van der Waals surface area contributed by atoms with Gasteiger partial charge in [0.2, 0.25) is 0 Å². The molecule has 0 aliphatic carbocycles. The second kappa shape index (κ2) is 11.2. The molecule has 0 amide bonds. The van der Waals surface area contributed by atoms with E-state index in [-0.39, 0.29) is 0 Å². The highest BCUT2D eigenvalue weighted by molar-refractivity contribution is 7.26. The number of nitrogens with zero attached hydrogens (tertiary/aromatic N) is 3. The van der Waals surface area contributed by atoms with E-state index in [4.69, 9.17) is 19.4 Å². The zero-order chi connectivity index (χ0) is 33.5. The quantitative estimate of drug-likeness (QED) is 0.185. The zero-order valence-corrected chi connectivity index (χ0v) is 28.6. The highest BCUT2D eigenvalue weighted by atomic mass is 32.1. The Kier molecular flexibility index (Phi) is 6.26. The van der Waals surface area contributed by atoms with Crippen LogP contribution >= 0.6 is 22.7 Å². The van der Waals surface area contributed by atoms with E-state index in [1.54, 1.807) is 11.3 Å². The van der Waals surface area contributed by atoms with Gasteiger partial charge in [-0.15, -0.1) is 22.7 Å². The van der Waals surface area contributed by atoms with Gasteiger partial charge in [0.25, 0.3) is 0 Å². The third-order valence-electron chi connectivity index (χ3n) is 9.76. The van der Waals surface area contributed by atoms with Crippen LogP contribution in [0.4, 0.5) is 0 Å². The maximum absolute atomic E-state index is 6.57. The van der Waals surface area contributed by atoms with Crippen molar-refractivity contribution in [2.75, 3.05) is 0 Å². The van der Waals surface area contributed by atoms with E-state index < -0.39 is 0 Å². The van der Waals surface area contributed by atoms with Crippen molar-refractivity contribution in [1.29, 1.82) is 0 Å². The summed E-state index contributed by atoms with van der Waals surface area (Å²) in [5.74, 6) is 1.90. The molecule has 11 aromatic rings. The molecule has 0 atom stereocenters. The summed E-state index contributed by atoms with van der Waals surface area (Å²) < 4.78 is 11.6. The highest BCUT2D eigenvalue weighted by Crippen LogP contribution is 2.42. The fourth-order valence-electron chi connectivity index (χ4n) is 7.35. The molecule has 4 nitrogen and oxygen atoms in total. The summed E-state index contributed by atoms with van der Waals surface area (Å²) >= 11 is 3.61. The molecule has 4 heterocycles. The first-order valence-corrected chi connectivity index (χ1v) is 18.5. The van der Waals surface area contributed by atoms with Crippen LogP contribution in [0.3, 0.4) is 0 Å². The first kappa shape index (κ1) is 28.6. The molecule has 0 N–H and O–H groups in total. The van der Waals surface area contributed by atoms with Crippen LogP contribution in [-0.2, 0) is 0 Å². The Balaban J connectivity index is 1.10. The molecule has 0 fully saturated rings. The Bertz CT molecular complexity index is 3160. The van der Waals surface area contributed by atoms with Crippen LogP contribution in [-0.4, -0.2) is 15.0 Å². The molecule has 0 unspecified atom stereocenters. The van der Waals surface area contributed by atoms with Crippen molar-refractivity contribution in [3.05, 3.63) is 152 Å². The summed E-state index contributed by atoms with van der Waals surface area (Å²) in [5, 5.41) is 7.06. The van der Waals surface area contributed by atoms with Crippen molar-refractivity contribution >= 4 is 85.0 Å². The Morgan fingerprint density at radius 3 is 1.86 bits per heavy atom. The van der Waals surface area contributed by atoms with E-state index in [1.807, 2.05) is 41.7 Å². The summed E-state index contributed by atoms with van der Waals surface area (Å²) in [5.41, 5.74) is 6.76. The number of aromatic nitrogens is 3. The molecule has 6 heteroatoms. The van der Waals surface area contributed by atoms with Gasteiger partial charge in [-0.05, 0) is 59.7 Å². The molecule has 0 saturated carbocycles. The Morgan fingerprint density at radius 1 is 0.373 bits per heavy atom. The molecule has 51 heavy (non-hydrogen) atoms. The van der Waals surface area contributed by atoms with Gasteiger partial charge in [0.15, 0.2) is 17.5 Å². The minimum Gasteiger partial charge on any atom is -0.456 e. The normalized spacial score (nSPS) is 11.9. The minimum absolute atomic E-state index is 0.615. The summed E-state index contributed by atoms with van der Waals surface area (Å²) in [6.07, 6.45) is 0. The first-order valence-electron chi connectivity index (χ1n) is 16.8. The average molecular weight is 688 g/mol. The third kappa shape index (κ3) is 4.54. The van der Waals surface area contributed by atoms with Gasteiger partial charge in [0, 0.05) is 67.8 Å². The molecule has 11 rings (SSSR count).